The van der Waals surface area contributed by atoms with Crippen molar-refractivity contribution >= 4 is 65.8 Å². The van der Waals surface area contributed by atoms with Crippen molar-refractivity contribution < 1.29 is 73.6 Å². The summed E-state index contributed by atoms with van der Waals surface area (Å²) in [6.45, 7) is -1.13. The van der Waals surface area contributed by atoms with Crippen LogP contribution < -0.4 is 9.47 Å². The molecule has 16 nitrogen and oxygen atoms in total. The summed E-state index contributed by atoms with van der Waals surface area (Å²) >= 11 is 0. The zero-order valence-corrected chi connectivity index (χ0v) is 32.2. The Hall–Kier alpha value is -4.26. The Kier molecular flexibility index (Phi) is 12.9. The van der Waals surface area contributed by atoms with Crippen molar-refractivity contribution in [3.05, 3.63) is 58.7 Å². The zero-order valence-electron chi connectivity index (χ0n) is 30.6. The van der Waals surface area contributed by atoms with Crippen LogP contribution in [-0.4, -0.2) is 102 Å². The second-order valence-electron chi connectivity index (χ2n) is 14.9. The largest absolute Gasteiger partial charge is 0.748 e. The Labute approximate surface area is 332 Å². The highest BCUT2D eigenvalue weighted by Crippen LogP contribution is 2.58. The van der Waals surface area contributed by atoms with Gasteiger partial charge in [0.1, 0.15) is 30.8 Å². The van der Waals surface area contributed by atoms with Crippen molar-refractivity contribution in [2.24, 2.45) is 41.4 Å². The van der Waals surface area contributed by atoms with E-state index in [1.807, 2.05) is 0 Å². The molecule has 20 heteroatoms. The average Bonchev–Trinajstić information content (AvgIpc) is 3.98. The highest BCUT2D eigenvalue weighted by atomic mass is 32.2. The van der Waals surface area contributed by atoms with Gasteiger partial charge < -0.3 is 32.8 Å². The van der Waals surface area contributed by atoms with Gasteiger partial charge in [-0.3, -0.25) is 14.4 Å². The molecule has 7 rings (SSSR count). The lowest BCUT2D eigenvalue weighted by Gasteiger charge is -2.23. The number of esters is 5. The molecule has 8 unspecified atom stereocenters. The molecule has 1 saturated heterocycles. The van der Waals surface area contributed by atoms with Gasteiger partial charge in [-0.25, -0.2) is 26.4 Å². The Morgan fingerprint density at radius 1 is 0.719 bits per heavy atom. The van der Waals surface area contributed by atoms with Crippen molar-refractivity contribution in [2.45, 2.75) is 57.3 Å². The van der Waals surface area contributed by atoms with Crippen molar-refractivity contribution in [2.75, 3.05) is 24.7 Å². The molecule has 1 heterocycles. The molecule has 2 aromatic carbocycles. The first kappa shape index (κ1) is 42.3. The molecular weight excluding hydrogens is 786 g/mol. The van der Waals surface area contributed by atoms with Crippen molar-refractivity contribution in [1.29, 1.82) is 0 Å². The number of benzene rings is 2. The summed E-state index contributed by atoms with van der Waals surface area (Å²) in [5.41, 5.74) is 1.14. The third kappa shape index (κ3) is 10.1. The van der Waals surface area contributed by atoms with E-state index in [-0.39, 0.29) is 71.1 Å². The van der Waals surface area contributed by atoms with Gasteiger partial charge >= 0.3 is 29.8 Å². The van der Waals surface area contributed by atoms with Gasteiger partial charge in [-0.2, -0.15) is 0 Å². The molecule has 57 heavy (non-hydrogen) atoms. The summed E-state index contributed by atoms with van der Waals surface area (Å²) in [5, 5.41) is 0. The van der Waals surface area contributed by atoms with Crippen LogP contribution in [0.15, 0.2) is 36.4 Å². The summed E-state index contributed by atoms with van der Waals surface area (Å²) in [6.07, 6.45) is 5.58. The third-order valence-electron chi connectivity index (χ3n) is 11.4. The van der Waals surface area contributed by atoms with E-state index in [4.69, 9.17) is 39.4 Å². The van der Waals surface area contributed by atoms with E-state index < -0.39 is 74.7 Å². The van der Waals surface area contributed by atoms with Gasteiger partial charge in [-0.05, 0) is 85.3 Å². The van der Waals surface area contributed by atoms with Crippen LogP contribution in [0.5, 0.6) is 11.5 Å². The summed E-state index contributed by atoms with van der Waals surface area (Å²) in [6, 6.07) is 8.53. The molecule has 0 N–H and O–H groups in total. The highest BCUT2D eigenvalue weighted by Gasteiger charge is 2.64. The first-order valence-corrected chi connectivity index (χ1v) is 21.6. The van der Waals surface area contributed by atoms with Crippen LogP contribution in [0, 0.1) is 41.4 Å². The number of hydrogen-bond acceptors (Lipinski definition) is 16. The topological polar surface area (TPSA) is 246 Å². The molecule has 4 saturated carbocycles. The maximum absolute atomic E-state index is 12.9. The van der Waals surface area contributed by atoms with Gasteiger partial charge in [-0.15, -0.1) is 0 Å². The maximum Gasteiger partial charge on any atom is 0.338 e. The van der Waals surface area contributed by atoms with E-state index >= 15 is 0 Å². The number of ether oxygens (including phenoxy) is 5. The van der Waals surface area contributed by atoms with Gasteiger partial charge in [0.2, 0.25) is 0 Å². The van der Waals surface area contributed by atoms with Crippen molar-refractivity contribution in [3.8, 4) is 11.5 Å². The minimum absolute atomic E-state index is 0.00609. The van der Waals surface area contributed by atoms with Crippen LogP contribution in [0.1, 0.15) is 70.4 Å². The van der Waals surface area contributed by atoms with Gasteiger partial charge in [0.25, 0.3) is 0 Å². The number of hydrogen-bond donors (Lipinski definition) is 0. The fourth-order valence-electron chi connectivity index (χ4n) is 8.75. The minimum atomic E-state index is -4.51. The molecule has 4 aliphatic carbocycles. The van der Waals surface area contributed by atoms with Gasteiger partial charge in [0, 0.05) is 5.92 Å². The second-order valence-corrected chi connectivity index (χ2v) is 17.9. The Balaban J connectivity index is 0.000000194. The number of fused-ring (bicyclic) bond motifs is 3. The molecule has 8 atom stereocenters. The van der Waals surface area contributed by atoms with E-state index in [1.54, 1.807) is 6.07 Å². The molecule has 4 bridgehead atoms. The molecular formula is C37H38B2O16S2-2. The summed E-state index contributed by atoms with van der Waals surface area (Å²) in [5.74, 6) is -4.46. The predicted molar refractivity (Wildman–Crippen MR) is 195 cm³/mol. The lowest BCUT2D eigenvalue weighted by Crippen LogP contribution is -2.35. The normalized spacial score (nSPS) is 26.6. The lowest BCUT2D eigenvalue weighted by atomic mass is 9.80. The number of rotatable bonds is 14. The standard InChI is InChI=1S/C19H19BO9S.C18H21BO7S/c20-8-10-2-1-9(17(21)27-3-4-30(24,25)26)6-13(10)28-18(22)15-11-5-12-14(7-11)29-19(23)16(12)15;19-10-14-4-3-13(17(20)25-5-6-27(22,23)24)9-16(14)26-18(21)15-8-11-1-2-12(15)7-11/h1-2,6,11-12,14-16H,3-5,7-8H2,(H,24,25,26);3-4,9,11-12,15H,1-2,5-8,10H2,(H,22,23,24)/p-2. The Morgan fingerprint density at radius 3 is 1.74 bits per heavy atom. The van der Waals surface area contributed by atoms with Crippen LogP contribution in [-0.2, 0) is 61.5 Å². The maximum atomic E-state index is 12.9. The zero-order chi connectivity index (χ0) is 41.2. The van der Waals surface area contributed by atoms with E-state index in [2.05, 4.69) is 0 Å². The lowest BCUT2D eigenvalue weighted by molar-refractivity contribution is -0.149. The average molecular weight is 824 g/mol. The molecule has 4 radical (unpaired) electrons. The molecule has 5 aliphatic rings. The molecule has 2 aromatic rings. The van der Waals surface area contributed by atoms with Gasteiger partial charge in [0.15, 0.2) is 0 Å². The summed E-state index contributed by atoms with van der Waals surface area (Å²) < 4.78 is 89.5. The molecule has 0 amide bonds. The van der Waals surface area contributed by atoms with E-state index in [0.717, 1.165) is 25.7 Å². The highest BCUT2D eigenvalue weighted by molar-refractivity contribution is 7.85. The van der Waals surface area contributed by atoms with Crippen molar-refractivity contribution in [3.63, 3.8) is 0 Å². The van der Waals surface area contributed by atoms with E-state index in [9.17, 15) is 49.9 Å². The Morgan fingerprint density at radius 2 is 1.26 bits per heavy atom. The number of carbonyl (C=O) groups is 5. The monoisotopic (exact) mass is 824 g/mol. The molecule has 302 valence electrons. The van der Waals surface area contributed by atoms with Crippen LogP contribution in [0.4, 0.5) is 0 Å². The van der Waals surface area contributed by atoms with E-state index in [1.165, 1.54) is 36.8 Å². The van der Waals surface area contributed by atoms with Crippen molar-refractivity contribution in [1.82, 2.24) is 0 Å². The van der Waals surface area contributed by atoms with E-state index in [0.29, 0.717) is 29.4 Å². The SMILES string of the molecule is [B]Cc1ccc(C(=O)OCCS(=O)(=O)[O-])cc1OC(=O)C1C2CC3OC(=O)C1C3C2.[B]Cc1ccc(C(=O)OCCS(=O)(=O)[O-])cc1OC(=O)C1CC2CCC1C2. The molecule has 5 fully saturated rings. The quantitative estimate of drug-likeness (QED) is 0.0862. The smallest absolute Gasteiger partial charge is 0.338 e. The fraction of sp³-hybridized carbons (Fsp3) is 0.541. The Bertz CT molecular complexity index is 2140. The molecule has 0 spiro atoms. The van der Waals surface area contributed by atoms with Gasteiger partial charge in [0.05, 0.1) is 76.3 Å². The van der Waals surface area contributed by atoms with Gasteiger partial charge in [-0.1, -0.05) is 31.2 Å². The third-order valence-corrected chi connectivity index (χ3v) is 12.7. The first-order valence-electron chi connectivity index (χ1n) is 18.5. The van der Waals surface area contributed by atoms with Crippen LogP contribution in [0.2, 0.25) is 0 Å². The first-order chi connectivity index (χ1) is 26.9. The summed E-state index contributed by atoms with van der Waals surface area (Å²) in [7, 11) is 2.41. The fourth-order valence-corrected chi connectivity index (χ4v) is 9.32. The minimum Gasteiger partial charge on any atom is -0.748 e. The number of carbonyl (C=O) groups excluding carboxylic acids is 5. The van der Waals surface area contributed by atoms with Crippen LogP contribution >= 0.6 is 0 Å². The van der Waals surface area contributed by atoms with Crippen LogP contribution in [0.25, 0.3) is 0 Å². The molecule has 1 aliphatic heterocycles. The van der Waals surface area contributed by atoms with Crippen LogP contribution in [0.3, 0.4) is 0 Å². The summed E-state index contributed by atoms with van der Waals surface area (Å²) in [4.78, 5) is 61.7. The molecule has 0 aromatic heterocycles. The predicted octanol–water partition coefficient (Wildman–Crippen LogP) is 1.56. The second kappa shape index (κ2) is 17.3.